The molecule has 0 aromatic carbocycles. The van der Waals surface area contributed by atoms with Crippen LogP contribution in [0.3, 0.4) is 0 Å². The lowest BCUT2D eigenvalue weighted by atomic mass is 9.71. The molecule has 82 valence electrons. The van der Waals surface area contributed by atoms with Crippen molar-refractivity contribution in [1.82, 2.24) is 0 Å². The van der Waals surface area contributed by atoms with Gasteiger partial charge in [-0.25, -0.2) is 0 Å². The summed E-state index contributed by atoms with van der Waals surface area (Å²) in [5, 5.41) is 0. The predicted octanol–water partition coefficient (Wildman–Crippen LogP) is 2.32. The summed E-state index contributed by atoms with van der Waals surface area (Å²) >= 11 is 0. The van der Waals surface area contributed by atoms with Crippen molar-refractivity contribution in [2.45, 2.75) is 51.0 Å². The van der Waals surface area contributed by atoms with Crippen LogP contribution in [0, 0.1) is 11.8 Å². The molecule has 1 saturated heterocycles. The van der Waals surface area contributed by atoms with Gasteiger partial charge in [0.1, 0.15) is 0 Å². The summed E-state index contributed by atoms with van der Waals surface area (Å²) in [5.41, 5.74) is 6.49. The highest BCUT2D eigenvalue weighted by atomic mass is 16.5. The molecule has 1 heterocycles. The maximum Gasteiger partial charge on any atom is 0.0483 e. The zero-order valence-electron chi connectivity index (χ0n) is 9.30. The van der Waals surface area contributed by atoms with Crippen LogP contribution in [-0.2, 0) is 4.74 Å². The Morgan fingerprint density at radius 3 is 2.50 bits per heavy atom. The van der Waals surface area contributed by atoms with Crippen LogP contribution >= 0.6 is 0 Å². The van der Waals surface area contributed by atoms with Crippen molar-refractivity contribution >= 4 is 0 Å². The van der Waals surface area contributed by atoms with E-state index in [4.69, 9.17) is 10.5 Å². The molecule has 1 saturated carbocycles. The fourth-order valence-electron chi connectivity index (χ4n) is 2.80. The van der Waals surface area contributed by atoms with Crippen LogP contribution in [0.25, 0.3) is 0 Å². The van der Waals surface area contributed by atoms with E-state index in [1.54, 1.807) is 0 Å². The second-order valence-electron chi connectivity index (χ2n) is 5.35. The fourth-order valence-corrected chi connectivity index (χ4v) is 2.80. The van der Waals surface area contributed by atoms with Crippen molar-refractivity contribution in [3.8, 4) is 0 Å². The topological polar surface area (TPSA) is 35.2 Å². The molecule has 0 bridgehead atoms. The summed E-state index contributed by atoms with van der Waals surface area (Å²) in [7, 11) is 0. The maximum absolute atomic E-state index is 6.40. The highest BCUT2D eigenvalue weighted by Gasteiger charge is 2.33. The molecule has 1 aliphatic carbocycles. The Kier molecular flexibility index (Phi) is 3.13. The molecule has 2 heteroatoms. The van der Waals surface area contributed by atoms with Crippen LogP contribution in [0.15, 0.2) is 0 Å². The Morgan fingerprint density at radius 2 is 2.00 bits per heavy atom. The lowest BCUT2D eigenvalue weighted by Crippen LogP contribution is -2.47. The second-order valence-corrected chi connectivity index (χ2v) is 5.35. The number of ether oxygens (including phenoxy) is 1. The number of nitrogens with two attached hydrogens (primary N) is 1. The van der Waals surface area contributed by atoms with Crippen LogP contribution in [0.1, 0.15) is 45.4 Å². The van der Waals surface area contributed by atoms with Crippen LogP contribution in [0.5, 0.6) is 0 Å². The summed E-state index contributed by atoms with van der Waals surface area (Å²) in [5.74, 6) is 1.80. The molecule has 1 unspecified atom stereocenters. The van der Waals surface area contributed by atoms with E-state index in [-0.39, 0.29) is 5.54 Å². The summed E-state index contributed by atoms with van der Waals surface area (Å²) in [6.07, 6.45) is 7.65. The van der Waals surface area contributed by atoms with Gasteiger partial charge >= 0.3 is 0 Å². The van der Waals surface area contributed by atoms with Gasteiger partial charge in [-0.2, -0.15) is 0 Å². The first-order valence-corrected chi connectivity index (χ1v) is 6.06. The molecule has 2 nitrogen and oxygen atoms in total. The van der Waals surface area contributed by atoms with Crippen LogP contribution < -0.4 is 5.73 Å². The smallest absolute Gasteiger partial charge is 0.0483 e. The molecule has 0 aromatic rings. The lowest BCUT2D eigenvalue weighted by Gasteiger charge is -2.40. The fraction of sp³-hybridized carbons (Fsp3) is 1.00. The first-order chi connectivity index (χ1) is 6.70. The average Bonchev–Trinajstić information content (AvgIpc) is 2.00. The highest BCUT2D eigenvalue weighted by molar-refractivity contribution is 4.90. The molecule has 0 spiro atoms. The third kappa shape index (κ3) is 2.29. The van der Waals surface area contributed by atoms with Crippen molar-refractivity contribution in [2.75, 3.05) is 13.2 Å². The monoisotopic (exact) mass is 197 g/mol. The minimum Gasteiger partial charge on any atom is -0.381 e. The van der Waals surface area contributed by atoms with Gasteiger partial charge in [0.15, 0.2) is 0 Å². The Morgan fingerprint density at radius 1 is 1.36 bits per heavy atom. The molecule has 14 heavy (non-hydrogen) atoms. The minimum atomic E-state index is 0.0905. The molecule has 0 radical (unpaired) electrons. The Hall–Kier alpha value is -0.0800. The van der Waals surface area contributed by atoms with E-state index in [1.165, 1.54) is 25.7 Å². The Balaban J connectivity index is 1.81. The average molecular weight is 197 g/mol. The first-order valence-electron chi connectivity index (χ1n) is 6.06. The normalized spacial score (nSPS) is 29.6. The van der Waals surface area contributed by atoms with Crippen molar-refractivity contribution < 1.29 is 4.74 Å². The van der Waals surface area contributed by atoms with E-state index in [0.29, 0.717) is 0 Å². The number of hydrogen-bond acceptors (Lipinski definition) is 2. The van der Waals surface area contributed by atoms with Gasteiger partial charge in [-0.05, 0) is 31.1 Å². The third-order valence-electron chi connectivity index (χ3n) is 4.17. The molecule has 1 atom stereocenters. The van der Waals surface area contributed by atoms with Gasteiger partial charge < -0.3 is 10.5 Å². The van der Waals surface area contributed by atoms with E-state index in [1.807, 2.05) is 0 Å². The van der Waals surface area contributed by atoms with E-state index >= 15 is 0 Å². The second kappa shape index (κ2) is 4.19. The quantitative estimate of drug-likeness (QED) is 0.753. The summed E-state index contributed by atoms with van der Waals surface area (Å²) < 4.78 is 5.37. The van der Waals surface area contributed by atoms with Gasteiger partial charge in [0.2, 0.25) is 0 Å². The molecule has 2 fully saturated rings. The SMILES string of the molecule is CC(CC1(N)CCOCC1)C1CCC1. The standard InChI is InChI=1S/C12H23NO/c1-10(11-3-2-4-11)9-12(13)5-7-14-8-6-12/h10-11H,2-9,13H2,1H3. The van der Waals surface area contributed by atoms with E-state index in [2.05, 4.69) is 6.92 Å². The number of rotatable bonds is 3. The van der Waals surface area contributed by atoms with Crippen LogP contribution in [0.4, 0.5) is 0 Å². The highest BCUT2D eigenvalue weighted by Crippen LogP contribution is 2.38. The minimum absolute atomic E-state index is 0.0905. The van der Waals surface area contributed by atoms with Gasteiger partial charge in [-0.1, -0.05) is 26.2 Å². The Labute approximate surface area is 87.2 Å². The maximum atomic E-state index is 6.40. The van der Waals surface area contributed by atoms with Gasteiger partial charge in [0, 0.05) is 18.8 Å². The lowest BCUT2D eigenvalue weighted by molar-refractivity contribution is 0.0370. The summed E-state index contributed by atoms with van der Waals surface area (Å²) in [6.45, 7) is 4.12. The molecular formula is C12H23NO. The van der Waals surface area contributed by atoms with E-state index in [0.717, 1.165) is 37.9 Å². The summed E-state index contributed by atoms with van der Waals surface area (Å²) in [4.78, 5) is 0. The molecule has 0 amide bonds. The van der Waals surface area contributed by atoms with E-state index < -0.39 is 0 Å². The Bertz CT molecular complexity index is 183. The molecule has 2 aliphatic rings. The van der Waals surface area contributed by atoms with Crippen molar-refractivity contribution in [2.24, 2.45) is 17.6 Å². The van der Waals surface area contributed by atoms with Gasteiger partial charge in [-0.15, -0.1) is 0 Å². The zero-order valence-corrected chi connectivity index (χ0v) is 9.30. The third-order valence-corrected chi connectivity index (χ3v) is 4.17. The van der Waals surface area contributed by atoms with Gasteiger partial charge in [-0.3, -0.25) is 0 Å². The molecule has 2 rings (SSSR count). The van der Waals surface area contributed by atoms with Crippen molar-refractivity contribution in [1.29, 1.82) is 0 Å². The first kappa shape index (κ1) is 10.4. The predicted molar refractivity (Wildman–Crippen MR) is 58.1 cm³/mol. The van der Waals surface area contributed by atoms with Crippen molar-refractivity contribution in [3.05, 3.63) is 0 Å². The van der Waals surface area contributed by atoms with Crippen molar-refractivity contribution in [3.63, 3.8) is 0 Å². The van der Waals surface area contributed by atoms with Crippen LogP contribution in [0.2, 0.25) is 0 Å². The van der Waals surface area contributed by atoms with Gasteiger partial charge in [0.25, 0.3) is 0 Å². The number of hydrogen-bond donors (Lipinski definition) is 1. The van der Waals surface area contributed by atoms with Gasteiger partial charge in [0.05, 0.1) is 0 Å². The van der Waals surface area contributed by atoms with E-state index in [9.17, 15) is 0 Å². The zero-order chi connectivity index (χ0) is 10.0. The molecular weight excluding hydrogens is 174 g/mol. The molecule has 1 aliphatic heterocycles. The van der Waals surface area contributed by atoms with Crippen LogP contribution in [-0.4, -0.2) is 18.8 Å². The molecule has 2 N–H and O–H groups in total. The molecule has 0 aromatic heterocycles. The summed E-state index contributed by atoms with van der Waals surface area (Å²) in [6, 6.07) is 0. The largest absolute Gasteiger partial charge is 0.381 e.